The lowest BCUT2D eigenvalue weighted by atomic mass is 10.1. The van der Waals surface area contributed by atoms with E-state index < -0.39 is 0 Å². The molecule has 0 bridgehead atoms. The van der Waals surface area contributed by atoms with Crippen molar-refractivity contribution in [3.8, 4) is 0 Å². The van der Waals surface area contributed by atoms with Crippen LogP contribution in [0.3, 0.4) is 0 Å². The lowest BCUT2D eigenvalue weighted by Gasteiger charge is -2.17. The molecule has 6 nitrogen and oxygen atoms in total. The van der Waals surface area contributed by atoms with Crippen molar-refractivity contribution in [3.05, 3.63) is 77.2 Å². The number of nitrogens with zero attached hydrogens (tertiary/aromatic N) is 4. The first-order valence-electron chi connectivity index (χ1n) is 8.85. The summed E-state index contributed by atoms with van der Waals surface area (Å²) in [4.78, 5) is 18.5. The molecule has 0 atom stereocenters. The highest BCUT2D eigenvalue weighted by Gasteiger charge is 2.11. The van der Waals surface area contributed by atoms with Gasteiger partial charge >= 0.3 is 0 Å². The summed E-state index contributed by atoms with van der Waals surface area (Å²) in [7, 11) is 1.96. The van der Waals surface area contributed by atoms with E-state index in [0.29, 0.717) is 5.69 Å². The Balaban J connectivity index is 1.62. The standard InChI is InChI=1S/C21H23N5O/c1-15-4-5-16(2)19(14-15)23-21(27)18-6-7-20(25-24-18)26(3)13-10-17-8-11-22-12-9-17/h4-9,11-12,14H,10,13H2,1-3H3,(H,23,27). The minimum absolute atomic E-state index is 0.262. The van der Waals surface area contributed by atoms with Gasteiger partial charge in [-0.2, -0.15) is 0 Å². The molecule has 0 aliphatic carbocycles. The van der Waals surface area contributed by atoms with Crippen LogP contribution in [0.15, 0.2) is 54.9 Å². The fourth-order valence-corrected chi connectivity index (χ4v) is 2.67. The van der Waals surface area contributed by atoms with Crippen molar-refractivity contribution >= 4 is 17.4 Å². The van der Waals surface area contributed by atoms with Crippen LogP contribution in [0.5, 0.6) is 0 Å². The van der Waals surface area contributed by atoms with Gasteiger partial charge in [-0.25, -0.2) is 0 Å². The monoisotopic (exact) mass is 361 g/mol. The van der Waals surface area contributed by atoms with Gasteiger partial charge in [0.25, 0.3) is 5.91 Å². The van der Waals surface area contributed by atoms with Crippen molar-refractivity contribution in [1.82, 2.24) is 15.2 Å². The minimum Gasteiger partial charge on any atom is -0.358 e. The highest BCUT2D eigenvalue weighted by Crippen LogP contribution is 2.17. The molecule has 1 aromatic carbocycles. The zero-order chi connectivity index (χ0) is 19.2. The Bertz CT molecular complexity index is 910. The zero-order valence-electron chi connectivity index (χ0n) is 15.8. The summed E-state index contributed by atoms with van der Waals surface area (Å²) >= 11 is 0. The number of aryl methyl sites for hydroxylation is 2. The molecule has 0 aliphatic heterocycles. The molecule has 138 valence electrons. The molecule has 2 heterocycles. The van der Waals surface area contributed by atoms with Gasteiger partial charge in [0.15, 0.2) is 11.5 Å². The normalized spacial score (nSPS) is 10.5. The molecular formula is C21H23N5O. The number of anilines is 2. The van der Waals surface area contributed by atoms with E-state index >= 15 is 0 Å². The molecule has 1 amide bonds. The van der Waals surface area contributed by atoms with Crippen LogP contribution in [-0.2, 0) is 6.42 Å². The van der Waals surface area contributed by atoms with E-state index in [-0.39, 0.29) is 5.91 Å². The Labute approximate surface area is 159 Å². The summed E-state index contributed by atoms with van der Waals surface area (Å²) in [5.74, 6) is 0.467. The van der Waals surface area contributed by atoms with Gasteiger partial charge in [-0.3, -0.25) is 9.78 Å². The minimum atomic E-state index is -0.262. The van der Waals surface area contributed by atoms with Crippen molar-refractivity contribution in [2.24, 2.45) is 0 Å². The number of hydrogen-bond acceptors (Lipinski definition) is 5. The van der Waals surface area contributed by atoms with E-state index in [9.17, 15) is 4.79 Å². The van der Waals surface area contributed by atoms with Gasteiger partial charge in [0.2, 0.25) is 0 Å². The maximum Gasteiger partial charge on any atom is 0.276 e. The van der Waals surface area contributed by atoms with Gasteiger partial charge in [-0.1, -0.05) is 12.1 Å². The second-order valence-corrected chi connectivity index (χ2v) is 6.58. The van der Waals surface area contributed by atoms with Gasteiger partial charge in [-0.15, -0.1) is 10.2 Å². The van der Waals surface area contributed by atoms with Crippen molar-refractivity contribution in [2.45, 2.75) is 20.3 Å². The van der Waals surface area contributed by atoms with Gasteiger partial charge in [0.05, 0.1) is 0 Å². The Morgan fingerprint density at radius 1 is 1.04 bits per heavy atom. The lowest BCUT2D eigenvalue weighted by molar-refractivity contribution is 0.102. The third kappa shape index (κ3) is 4.88. The lowest BCUT2D eigenvalue weighted by Crippen LogP contribution is -2.22. The molecule has 27 heavy (non-hydrogen) atoms. The highest BCUT2D eigenvalue weighted by atomic mass is 16.1. The number of nitrogens with one attached hydrogen (secondary N) is 1. The average Bonchev–Trinajstić information content (AvgIpc) is 2.70. The summed E-state index contributed by atoms with van der Waals surface area (Å²) in [5.41, 5.74) is 4.40. The number of amides is 1. The molecule has 0 spiro atoms. The van der Waals surface area contributed by atoms with Gasteiger partial charge < -0.3 is 10.2 Å². The Hall–Kier alpha value is -3.28. The van der Waals surface area contributed by atoms with Crippen LogP contribution >= 0.6 is 0 Å². The average molecular weight is 361 g/mol. The predicted molar refractivity (Wildman–Crippen MR) is 107 cm³/mol. The molecule has 1 N–H and O–H groups in total. The van der Waals surface area contributed by atoms with E-state index in [1.54, 1.807) is 18.5 Å². The molecule has 6 heteroatoms. The second-order valence-electron chi connectivity index (χ2n) is 6.58. The number of pyridine rings is 1. The molecule has 0 aliphatic rings. The van der Waals surface area contributed by atoms with E-state index in [1.165, 1.54) is 5.56 Å². The quantitative estimate of drug-likeness (QED) is 0.728. The first-order valence-corrected chi connectivity index (χ1v) is 8.85. The summed E-state index contributed by atoms with van der Waals surface area (Å²) in [6, 6.07) is 13.5. The Kier molecular flexibility index (Phi) is 5.76. The third-order valence-corrected chi connectivity index (χ3v) is 4.40. The number of carbonyl (C=O) groups excluding carboxylic acids is 1. The predicted octanol–water partition coefficient (Wildman–Crippen LogP) is 3.42. The number of likely N-dealkylation sites (N-methyl/N-ethyl adjacent to an activating group) is 1. The van der Waals surface area contributed by atoms with E-state index in [4.69, 9.17) is 0 Å². The fourth-order valence-electron chi connectivity index (χ4n) is 2.67. The first kappa shape index (κ1) is 18.5. The number of aromatic nitrogens is 3. The second kappa shape index (κ2) is 8.40. The smallest absolute Gasteiger partial charge is 0.276 e. The van der Waals surface area contributed by atoms with Crippen LogP contribution in [0.2, 0.25) is 0 Å². The molecule has 0 radical (unpaired) electrons. The molecule has 0 saturated carbocycles. The summed E-state index contributed by atoms with van der Waals surface area (Å²) in [6.45, 7) is 4.75. The number of benzene rings is 1. The summed E-state index contributed by atoms with van der Waals surface area (Å²) in [5, 5.41) is 11.2. The molecule has 0 unspecified atom stereocenters. The molecule has 0 saturated heterocycles. The van der Waals surface area contributed by atoms with Gasteiger partial charge in [0, 0.05) is 31.7 Å². The zero-order valence-corrected chi connectivity index (χ0v) is 15.8. The Morgan fingerprint density at radius 3 is 2.52 bits per heavy atom. The van der Waals surface area contributed by atoms with Crippen LogP contribution in [-0.4, -0.2) is 34.7 Å². The largest absolute Gasteiger partial charge is 0.358 e. The number of carbonyl (C=O) groups is 1. The molecule has 0 fully saturated rings. The van der Waals surface area contributed by atoms with Crippen LogP contribution in [0.4, 0.5) is 11.5 Å². The maximum absolute atomic E-state index is 12.4. The third-order valence-electron chi connectivity index (χ3n) is 4.40. The van der Waals surface area contributed by atoms with Crippen molar-refractivity contribution in [1.29, 1.82) is 0 Å². The van der Waals surface area contributed by atoms with Crippen LogP contribution < -0.4 is 10.2 Å². The van der Waals surface area contributed by atoms with Gasteiger partial charge in [0.1, 0.15) is 0 Å². The maximum atomic E-state index is 12.4. The molecule has 3 rings (SSSR count). The van der Waals surface area contributed by atoms with Crippen LogP contribution in [0.25, 0.3) is 0 Å². The van der Waals surface area contributed by atoms with Crippen molar-refractivity contribution in [2.75, 3.05) is 23.8 Å². The summed E-state index contributed by atoms with van der Waals surface area (Å²) < 4.78 is 0. The Morgan fingerprint density at radius 2 is 1.81 bits per heavy atom. The summed E-state index contributed by atoms with van der Waals surface area (Å²) in [6.07, 6.45) is 4.46. The number of rotatable bonds is 6. The SMILES string of the molecule is Cc1ccc(C)c(NC(=O)c2ccc(N(C)CCc3ccncc3)nn2)c1. The number of hydrogen-bond donors (Lipinski definition) is 1. The van der Waals surface area contributed by atoms with E-state index in [0.717, 1.165) is 35.6 Å². The molecule has 3 aromatic rings. The molecule has 2 aromatic heterocycles. The molecular weight excluding hydrogens is 338 g/mol. The van der Waals surface area contributed by atoms with Crippen LogP contribution in [0, 0.1) is 13.8 Å². The topological polar surface area (TPSA) is 71.0 Å². The fraction of sp³-hybridized carbons (Fsp3) is 0.238. The van der Waals surface area contributed by atoms with E-state index in [2.05, 4.69) is 20.5 Å². The van der Waals surface area contributed by atoms with Crippen LogP contribution in [0.1, 0.15) is 27.2 Å². The van der Waals surface area contributed by atoms with E-state index in [1.807, 2.05) is 62.2 Å². The highest BCUT2D eigenvalue weighted by molar-refractivity contribution is 6.03. The van der Waals surface area contributed by atoms with Gasteiger partial charge in [-0.05, 0) is 67.3 Å². The first-order chi connectivity index (χ1) is 13.0. The van der Waals surface area contributed by atoms with Crippen molar-refractivity contribution < 1.29 is 4.79 Å². The van der Waals surface area contributed by atoms with Crippen molar-refractivity contribution in [3.63, 3.8) is 0 Å².